The van der Waals surface area contributed by atoms with E-state index in [9.17, 15) is 4.79 Å². The number of amides is 1. The second kappa shape index (κ2) is 6.61. The Morgan fingerprint density at radius 3 is 3.00 bits per heavy atom. The first-order chi connectivity index (χ1) is 11.7. The van der Waals surface area contributed by atoms with Crippen LogP contribution in [0.1, 0.15) is 34.6 Å². The minimum absolute atomic E-state index is 0.0267. The van der Waals surface area contributed by atoms with E-state index in [1.807, 2.05) is 16.2 Å². The fourth-order valence-corrected chi connectivity index (χ4v) is 4.82. The predicted molar refractivity (Wildman–Crippen MR) is 93.8 cm³/mol. The van der Waals surface area contributed by atoms with Crippen LogP contribution in [0.5, 0.6) is 0 Å². The van der Waals surface area contributed by atoms with E-state index in [4.69, 9.17) is 0 Å². The lowest BCUT2D eigenvalue weighted by molar-refractivity contribution is 0.0521. The van der Waals surface area contributed by atoms with Crippen LogP contribution in [0.15, 0.2) is 36.1 Å². The first-order valence-corrected chi connectivity index (χ1v) is 9.42. The van der Waals surface area contributed by atoms with Crippen LogP contribution in [-0.2, 0) is 6.54 Å². The molecule has 2 aromatic heterocycles. The topological polar surface area (TPSA) is 49.3 Å². The second-order valence-corrected chi connectivity index (χ2v) is 7.99. The molecule has 0 bridgehead atoms. The number of hydrogen-bond donors (Lipinski definition) is 0. The van der Waals surface area contributed by atoms with Crippen LogP contribution in [0.2, 0.25) is 0 Å². The molecule has 6 heteroatoms. The molecule has 1 atom stereocenters. The first kappa shape index (κ1) is 15.7. The third-order valence-corrected chi connectivity index (χ3v) is 6.07. The van der Waals surface area contributed by atoms with Gasteiger partial charge in [-0.15, -0.1) is 11.3 Å². The molecule has 4 rings (SSSR count). The zero-order valence-corrected chi connectivity index (χ0v) is 14.5. The minimum atomic E-state index is 0.0267. The number of hydrogen-bond acceptors (Lipinski definition) is 5. The van der Waals surface area contributed by atoms with Crippen molar-refractivity contribution in [1.29, 1.82) is 0 Å². The molecule has 0 unspecified atom stereocenters. The zero-order chi connectivity index (χ0) is 16.4. The van der Waals surface area contributed by atoms with Gasteiger partial charge in [-0.05, 0) is 37.3 Å². The Morgan fingerprint density at radius 1 is 1.25 bits per heavy atom. The van der Waals surface area contributed by atoms with Gasteiger partial charge in [-0.2, -0.15) is 0 Å². The second-order valence-electron chi connectivity index (χ2n) is 6.96. The van der Waals surface area contributed by atoms with Gasteiger partial charge in [0.1, 0.15) is 5.69 Å². The summed E-state index contributed by atoms with van der Waals surface area (Å²) >= 11 is 1.83. The summed E-state index contributed by atoms with van der Waals surface area (Å²) in [5, 5.41) is 2.14. The Hall–Kier alpha value is -1.79. The number of nitrogens with zero attached hydrogens (tertiary/aromatic N) is 4. The lowest BCUT2D eigenvalue weighted by Crippen LogP contribution is -2.47. The van der Waals surface area contributed by atoms with Crippen LogP contribution in [0.25, 0.3) is 0 Å². The molecule has 4 heterocycles. The highest BCUT2D eigenvalue weighted by Crippen LogP contribution is 2.39. The minimum Gasteiger partial charge on any atom is -0.337 e. The van der Waals surface area contributed by atoms with E-state index >= 15 is 0 Å². The summed E-state index contributed by atoms with van der Waals surface area (Å²) in [5.41, 5.74) is 0.718. The smallest absolute Gasteiger partial charge is 0.274 e. The van der Waals surface area contributed by atoms with E-state index in [-0.39, 0.29) is 11.3 Å². The van der Waals surface area contributed by atoms with Crippen molar-refractivity contribution >= 4 is 17.2 Å². The fraction of sp³-hybridized carbons (Fsp3) is 0.500. The average molecular weight is 342 g/mol. The van der Waals surface area contributed by atoms with Crippen LogP contribution in [0, 0.1) is 5.41 Å². The van der Waals surface area contributed by atoms with Gasteiger partial charge in [0.05, 0.1) is 6.20 Å². The van der Waals surface area contributed by atoms with Gasteiger partial charge in [0, 0.05) is 48.9 Å². The normalized spacial score (nSPS) is 24.6. The molecule has 1 amide bonds. The Labute approximate surface area is 146 Å². The molecule has 2 aromatic rings. The first-order valence-electron chi connectivity index (χ1n) is 8.54. The number of rotatable bonds is 3. The summed E-state index contributed by atoms with van der Waals surface area (Å²) in [5.74, 6) is 0.0267. The highest BCUT2D eigenvalue weighted by Gasteiger charge is 2.42. The van der Waals surface area contributed by atoms with Crippen LogP contribution in [0.4, 0.5) is 0 Å². The maximum Gasteiger partial charge on any atom is 0.274 e. The summed E-state index contributed by atoms with van der Waals surface area (Å²) in [6, 6.07) is 4.33. The highest BCUT2D eigenvalue weighted by molar-refractivity contribution is 7.09. The summed E-state index contributed by atoms with van der Waals surface area (Å²) in [6.45, 7) is 4.95. The van der Waals surface area contributed by atoms with E-state index < -0.39 is 0 Å². The molecule has 0 radical (unpaired) electrons. The molecule has 1 spiro atoms. The molecule has 0 N–H and O–H groups in total. The average Bonchev–Trinajstić information content (AvgIpc) is 3.26. The lowest BCUT2D eigenvalue weighted by Gasteiger charge is -2.40. The molecule has 0 aliphatic carbocycles. The van der Waals surface area contributed by atoms with Gasteiger partial charge in [-0.25, -0.2) is 4.98 Å². The van der Waals surface area contributed by atoms with E-state index in [0.29, 0.717) is 5.69 Å². The highest BCUT2D eigenvalue weighted by atomic mass is 32.1. The molecule has 126 valence electrons. The Kier molecular flexibility index (Phi) is 4.33. The molecule has 24 heavy (non-hydrogen) atoms. The van der Waals surface area contributed by atoms with Crippen molar-refractivity contribution < 1.29 is 4.79 Å². The van der Waals surface area contributed by atoms with Crippen molar-refractivity contribution in [1.82, 2.24) is 19.8 Å². The Balaban J connectivity index is 1.42. The van der Waals surface area contributed by atoms with Crippen molar-refractivity contribution in [2.75, 3.05) is 26.2 Å². The van der Waals surface area contributed by atoms with Crippen molar-refractivity contribution in [2.24, 2.45) is 5.41 Å². The van der Waals surface area contributed by atoms with Crippen molar-refractivity contribution in [3.05, 3.63) is 46.7 Å². The zero-order valence-electron chi connectivity index (χ0n) is 13.7. The van der Waals surface area contributed by atoms with Crippen LogP contribution in [-0.4, -0.2) is 51.9 Å². The molecule has 2 aliphatic heterocycles. The van der Waals surface area contributed by atoms with Crippen LogP contribution < -0.4 is 0 Å². The Bertz CT molecular complexity index is 690. The van der Waals surface area contributed by atoms with Crippen LogP contribution >= 0.6 is 11.3 Å². The summed E-state index contributed by atoms with van der Waals surface area (Å²) in [4.78, 5) is 26.8. The molecule has 0 aromatic carbocycles. The largest absolute Gasteiger partial charge is 0.337 e. The molecule has 2 saturated heterocycles. The molecule has 2 aliphatic rings. The molecule has 5 nitrogen and oxygen atoms in total. The van der Waals surface area contributed by atoms with E-state index in [2.05, 4.69) is 32.4 Å². The fourth-order valence-electron chi connectivity index (χ4n) is 4.07. The monoisotopic (exact) mass is 342 g/mol. The van der Waals surface area contributed by atoms with Gasteiger partial charge in [0.15, 0.2) is 0 Å². The number of likely N-dealkylation sites (tertiary alicyclic amines) is 2. The van der Waals surface area contributed by atoms with Gasteiger partial charge < -0.3 is 4.90 Å². The van der Waals surface area contributed by atoms with Crippen molar-refractivity contribution in [2.45, 2.75) is 25.8 Å². The number of carbonyl (C=O) groups is 1. The summed E-state index contributed by atoms with van der Waals surface area (Å²) < 4.78 is 0. The molecular weight excluding hydrogens is 320 g/mol. The Morgan fingerprint density at radius 2 is 2.21 bits per heavy atom. The van der Waals surface area contributed by atoms with Crippen LogP contribution in [0.3, 0.4) is 0 Å². The van der Waals surface area contributed by atoms with Gasteiger partial charge in [-0.3, -0.25) is 14.7 Å². The van der Waals surface area contributed by atoms with Gasteiger partial charge in [0.25, 0.3) is 5.91 Å². The summed E-state index contributed by atoms with van der Waals surface area (Å²) in [6.07, 6.45) is 8.25. The third kappa shape index (κ3) is 3.21. The number of aromatic nitrogens is 2. The van der Waals surface area contributed by atoms with Crippen molar-refractivity contribution in [3.63, 3.8) is 0 Å². The maximum atomic E-state index is 12.7. The standard InChI is InChI=1S/C18H22N4OS/c23-17(16-11-19-6-7-20-16)22-8-2-4-18(14-22)5-9-21(13-18)12-15-3-1-10-24-15/h1,3,6-7,10-11H,2,4-5,8-9,12-14H2/t18-/m1/s1. The maximum absolute atomic E-state index is 12.7. The van der Waals surface area contributed by atoms with Gasteiger partial charge in [0.2, 0.25) is 0 Å². The SMILES string of the molecule is O=C(c1cnccn1)N1CCC[C@]2(CCN(Cc3cccs3)C2)C1. The summed E-state index contributed by atoms with van der Waals surface area (Å²) in [7, 11) is 0. The molecule has 2 fully saturated rings. The number of thiophene rings is 1. The van der Waals surface area contributed by atoms with E-state index in [1.54, 1.807) is 18.6 Å². The van der Waals surface area contributed by atoms with Gasteiger partial charge in [-0.1, -0.05) is 6.07 Å². The number of piperidine rings is 1. The molecular formula is C18H22N4OS. The van der Waals surface area contributed by atoms with E-state index in [0.717, 1.165) is 39.1 Å². The van der Waals surface area contributed by atoms with Gasteiger partial charge >= 0.3 is 0 Å². The predicted octanol–water partition coefficient (Wildman–Crippen LogP) is 2.67. The third-order valence-electron chi connectivity index (χ3n) is 5.21. The number of carbonyl (C=O) groups excluding carboxylic acids is 1. The lowest BCUT2D eigenvalue weighted by atomic mass is 9.79. The van der Waals surface area contributed by atoms with Crippen molar-refractivity contribution in [3.8, 4) is 0 Å². The van der Waals surface area contributed by atoms with E-state index in [1.165, 1.54) is 17.7 Å². The molecule has 0 saturated carbocycles. The quantitative estimate of drug-likeness (QED) is 0.860.